The maximum absolute atomic E-state index is 12.3. The van der Waals surface area contributed by atoms with Crippen LogP contribution in [0.4, 0.5) is 0 Å². The SMILES string of the molecule is Cc1cc(C(=O)CSc2nncs2)c(C)n1C1CC1. The molecule has 0 aromatic carbocycles. The summed E-state index contributed by atoms with van der Waals surface area (Å²) in [7, 11) is 0. The van der Waals surface area contributed by atoms with Gasteiger partial charge in [-0.15, -0.1) is 10.2 Å². The van der Waals surface area contributed by atoms with Crippen LogP contribution >= 0.6 is 23.1 Å². The van der Waals surface area contributed by atoms with Crippen molar-refractivity contribution < 1.29 is 4.79 Å². The largest absolute Gasteiger partial charge is 0.345 e. The smallest absolute Gasteiger partial charge is 0.174 e. The number of hydrogen-bond acceptors (Lipinski definition) is 5. The van der Waals surface area contributed by atoms with E-state index < -0.39 is 0 Å². The average Bonchev–Trinajstić information content (AvgIpc) is 2.98. The lowest BCUT2D eigenvalue weighted by Gasteiger charge is -2.07. The quantitative estimate of drug-likeness (QED) is 0.627. The van der Waals surface area contributed by atoms with E-state index in [0.717, 1.165) is 15.6 Å². The second-order valence-corrected chi connectivity index (χ2v) is 6.86. The van der Waals surface area contributed by atoms with Crippen molar-refractivity contribution in [2.24, 2.45) is 0 Å². The van der Waals surface area contributed by atoms with Gasteiger partial charge in [0.05, 0.1) is 5.75 Å². The first-order valence-electron chi connectivity index (χ1n) is 6.27. The normalized spacial score (nSPS) is 14.8. The van der Waals surface area contributed by atoms with Gasteiger partial charge in [0.1, 0.15) is 5.51 Å². The molecule has 0 N–H and O–H groups in total. The minimum Gasteiger partial charge on any atom is -0.345 e. The third-order valence-electron chi connectivity index (χ3n) is 3.36. The number of ketones is 1. The summed E-state index contributed by atoms with van der Waals surface area (Å²) in [6.07, 6.45) is 2.48. The Hall–Kier alpha value is -1.14. The number of Topliss-reactive ketones (excluding diaryl/α,β-unsaturated/α-hetero) is 1. The maximum Gasteiger partial charge on any atom is 0.174 e. The fourth-order valence-corrected chi connectivity index (χ4v) is 3.76. The molecule has 0 atom stereocenters. The van der Waals surface area contributed by atoms with Crippen molar-refractivity contribution in [2.75, 3.05) is 5.75 Å². The second-order valence-electron chi connectivity index (χ2n) is 4.80. The van der Waals surface area contributed by atoms with Crippen molar-refractivity contribution >= 4 is 28.9 Å². The van der Waals surface area contributed by atoms with Crippen LogP contribution in [-0.4, -0.2) is 26.3 Å². The molecule has 0 aliphatic heterocycles. The van der Waals surface area contributed by atoms with Crippen LogP contribution in [0.2, 0.25) is 0 Å². The van der Waals surface area contributed by atoms with Gasteiger partial charge in [-0.2, -0.15) is 0 Å². The molecule has 2 heterocycles. The van der Waals surface area contributed by atoms with Gasteiger partial charge in [-0.05, 0) is 32.8 Å². The van der Waals surface area contributed by atoms with E-state index in [-0.39, 0.29) is 5.78 Å². The number of nitrogens with zero attached hydrogens (tertiary/aromatic N) is 3. The highest BCUT2D eigenvalue weighted by Gasteiger charge is 2.28. The summed E-state index contributed by atoms with van der Waals surface area (Å²) in [4.78, 5) is 12.3. The summed E-state index contributed by atoms with van der Waals surface area (Å²) >= 11 is 2.93. The molecule has 1 fully saturated rings. The van der Waals surface area contributed by atoms with Gasteiger partial charge >= 0.3 is 0 Å². The summed E-state index contributed by atoms with van der Waals surface area (Å²) in [5.41, 5.74) is 4.86. The number of hydrogen-bond donors (Lipinski definition) is 0. The van der Waals surface area contributed by atoms with Gasteiger partial charge in [-0.1, -0.05) is 23.1 Å². The number of rotatable bonds is 5. The molecule has 1 aliphatic carbocycles. The lowest BCUT2D eigenvalue weighted by Crippen LogP contribution is -2.05. The highest BCUT2D eigenvalue weighted by Crippen LogP contribution is 2.38. The molecule has 3 rings (SSSR count). The maximum atomic E-state index is 12.3. The summed E-state index contributed by atoms with van der Waals surface area (Å²) in [5.74, 6) is 0.615. The first-order chi connectivity index (χ1) is 9.16. The molecule has 6 heteroatoms. The monoisotopic (exact) mass is 293 g/mol. The fraction of sp³-hybridized carbons (Fsp3) is 0.462. The Morgan fingerprint density at radius 2 is 2.32 bits per heavy atom. The van der Waals surface area contributed by atoms with Gasteiger partial charge in [0.15, 0.2) is 10.1 Å². The van der Waals surface area contributed by atoms with Gasteiger partial charge in [0.25, 0.3) is 0 Å². The van der Waals surface area contributed by atoms with Crippen LogP contribution in [-0.2, 0) is 0 Å². The van der Waals surface area contributed by atoms with Gasteiger partial charge in [-0.3, -0.25) is 4.79 Å². The van der Waals surface area contributed by atoms with E-state index in [2.05, 4.69) is 21.7 Å². The van der Waals surface area contributed by atoms with Gasteiger partial charge in [0, 0.05) is 23.0 Å². The molecule has 0 amide bonds. The van der Waals surface area contributed by atoms with Crippen LogP contribution < -0.4 is 0 Å². The summed E-state index contributed by atoms with van der Waals surface area (Å²) < 4.78 is 3.16. The Morgan fingerprint density at radius 1 is 1.53 bits per heavy atom. The Morgan fingerprint density at radius 3 is 2.95 bits per heavy atom. The van der Waals surface area contributed by atoms with E-state index in [0.29, 0.717) is 11.8 Å². The zero-order valence-corrected chi connectivity index (χ0v) is 12.6. The number of carbonyl (C=O) groups is 1. The Kier molecular flexibility index (Phi) is 3.45. The molecule has 0 saturated heterocycles. The summed E-state index contributed by atoms with van der Waals surface area (Å²) in [6.45, 7) is 4.13. The van der Waals surface area contributed by atoms with Crippen molar-refractivity contribution in [1.82, 2.24) is 14.8 Å². The number of carbonyl (C=O) groups excluding carboxylic acids is 1. The molecular weight excluding hydrogens is 278 g/mol. The molecule has 2 aromatic heterocycles. The molecule has 100 valence electrons. The fourth-order valence-electron chi connectivity index (χ4n) is 2.38. The van der Waals surface area contributed by atoms with E-state index in [4.69, 9.17) is 0 Å². The van der Waals surface area contributed by atoms with E-state index in [1.54, 1.807) is 5.51 Å². The predicted octanol–water partition coefficient (Wildman–Crippen LogP) is 3.27. The topological polar surface area (TPSA) is 47.8 Å². The lowest BCUT2D eigenvalue weighted by atomic mass is 10.2. The van der Waals surface area contributed by atoms with Crippen LogP contribution in [0.15, 0.2) is 15.9 Å². The predicted molar refractivity (Wildman–Crippen MR) is 77.1 cm³/mol. The van der Waals surface area contributed by atoms with Gasteiger partial charge in [0.2, 0.25) is 0 Å². The van der Waals surface area contributed by atoms with E-state index in [1.807, 2.05) is 13.0 Å². The van der Waals surface area contributed by atoms with Crippen molar-refractivity contribution in [2.45, 2.75) is 37.1 Å². The summed E-state index contributed by atoms with van der Waals surface area (Å²) in [6, 6.07) is 2.65. The standard InChI is InChI=1S/C13H15N3OS2/c1-8-5-11(9(2)16(8)10-3-4-10)12(17)6-18-13-15-14-7-19-13/h5,7,10H,3-4,6H2,1-2H3. The van der Waals surface area contributed by atoms with Crippen molar-refractivity contribution in [3.8, 4) is 0 Å². The minimum atomic E-state index is 0.181. The molecule has 0 bridgehead atoms. The van der Waals surface area contributed by atoms with Crippen LogP contribution in [0, 0.1) is 13.8 Å². The number of aromatic nitrogens is 3. The minimum absolute atomic E-state index is 0.181. The highest BCUT2D eigenvalue weighted by atomic mass is 32.2. The molecule has 4 nitrogen and oxygen atoms in total. The van der Waals surface area contributed by atoms with Crippen LogP contribution in [0.5, 0.6) is 0 Å². The first kappa shape index (κ1) is 12.9. The summed E-state index contributed by atoms with van der Waals surface area (Å²) in [5, 5.41) is 7.71. The molecule has 19 heavy (non-hydrogen) atoms. The van der Waals surface area contributed by atoms with Crippen molar-refractivity contribution in [3.05, 3.63) is 28.5 Å². The molecular formula is C13H15N3OS2. The third-order valence-corrected chi connectivity index (χ3v) is 5.22. The lowest BCUT2D eigenvalue weighted by molar-refractivity contribution is 0.102. The zero-order valence-electron chi connectivity index (χ0n) is 10.9. The second kappa shape index (κ2) is 5.09. The van der Waals surface area contributed by atoms with E-state index in [9.17, 15) is 4.79 Å². The van der Waals surface area contributed by atoms with Crippen LogP contribution in [0.25, 0.3) is 0 Å². The molecule has 0 spiro atoms. The van der Waals surface area contributed by atoms with Crippen molar-refractivity contribution in [1.29, 1.82) is 0 Å². The first-order valence-corrected chi connectivity index (χ1v) is 8.14. The van der Waals surface area contributed by atoms with Crippen molar-refractivity contribution in [3.63, 3.8) is 0 Å². The van der Waals surface area contributed by atoms with Crippen LogP contribution in [0.3, 0.4) is 0 Å². The number of aryl methyl sites for hydroxylation is 1. The molecule has 0 radical (unpaired) electrons. The Bertz CT molecular complexity index is 600. The van der Waals surface area contributed by atoms with Gasteiger partial charge < -0.3 is 4.57 Å². The van der Waals surface area contributed by atoms with Crippen LogP contribution in [0.1, 0.15) is 40.6 Å². The van der Waals surface area contributed by atoms with Gasteiger partial charge in [-0.25, -0.2) is 0 Å². The Labute approximate surface area is 120 Å². The highest BCUT2D eigenvalue weighted by molar-refractivity contribution is 8.01. The van der Waals surface area contributed by atoms with E-state index in [1.165, 1.54) is 41.6 Å². The molecule has 1 saturated carbocycles. The molecule has 1 aliphatic rings. The number of thioether (sulfide) groups is 1. The van der Waals surface area contributed by atoms with E-state index >= 15 is 0 Å². The molecule has 2 aromatic rings. The average molecular weight is 293 g/mol. The Balaban J connectivity index is 1.74. The molecule has 0 unspecified atom stereocenters. The third kappa shape index (κ3) is 2.60. The zero-order chi connectivity index (χ0) is 13.4.